The Balaban J connectivity index is 0. The molecule has 0 aromatic rings. The van der Waals surface area contributed by atoms with Crippen molar-refractivity contribution >= 4 is 34.0 Å². The quantitative estimate of drug-likeness (QED) is 0.584. The monoisotopic (exact) mass is 298 g/mol. The first-order valence-corrected chi connectivity index (χ1v) is 5.20. The fourth-order valence-corrected chi connectivity index (χ4v) is 0.894. The normalized spacial score (nSPS) is 9.69. The summed E-state index contributed by atoms with van der Waals surface area (Å²) in [6, 6.07) is -0.814. The highest BCUT2D eigenvalue weighted by Crippen LogP contribution is 2.26. The lowest BCUT2D eigenvalue weighted by atomic mass is 10.0. The van der Waals surface area contributed by atoms with E-state index in [4.69, 9.17) is 20.7 Å². The van der Waals surface area contributed by atoms with Gasteiger partial charge in [-0.1, -0.05) is 29.8 Å². The molecule has 3 amide bonds. The van der Waals surface area contributed by atoms with Crippen LogP contribution in [-0.4, -0.2) is 32.6 Å². The van der Waals surface area contributed by atoms with Gasteiger partial charge in [0, 0.05) is 0 Å². The van der Waals surface area contributed by atoms with E-state index in [0.717, 1.165) is 0 Å². The molecule has 0 bridgehead atoms. The summed E-state index contributed by atoms with van der Waals surface area (Å²) >= 11 is 3.26. The number of alkyl halides is 1. The van der Waals surface area contributed by atoms with Gasteiger partial charge in [-0.3, -0.25) is 10.1 Å². The molecule has 0 radical (unpaired) electrons. The summed E-state index contributed by atoms with van der Waals surface area (Å²) < 4.78 is -0.665. The smallest absolute Gasteiger partial charge is 0.450 e. The summed E-state index contributed by atoms with van der Waals surface area (Å²) in [7, 11) is 0. The van der Waals surface area contributed by atoms with E-state index in [0.29, 0.717) is 12.8 Å². The molecular formula is C8H15BrN2O5. The first-order chi connectivity index (χ1) is 7.19. The molecule has 0 unspecified atom stereocenters. The lowest BCUT2D eigenvalue weighted by molar-refractivity contribution is -0.122. The lowest BCUT2D eigenvalue weighted by Gasteiger charge is -2.21. The number of halogens is 1. The maximum absolute atomic E-state index is 11.3. The predicted octanol–water partition coefficient (Wildman–Crippen LogP) is 1.36. The van der Waals surface area contributed by atoms with Crippen LogP contribution in [-0.2, 0) is 4.79 Å². The van der Waals surface area contributed by atoms with Crippen LogP contribution in [0.4, 0.5) is 9.59 Å². The fraction of sp³-hybridized carbons (Fsp3) is 0.625. The molecule has 0 saturated heterocycles. The van der Waals surface area contributed by atoms with E-state index in [2.05, 4.69) is 15.9 Å². The van der Waals surface area contributed by atoms with E-state index < -0.39 is 16.5 Å². The molecular weight excluding hydrogens is 284 g/mol. The van der Waals surface area contributed by atoms with Gasteiger partial charge < -0.3 is 15.9 Å². The number of urea groups is 1. The van der Waals surface area contributed by atoms with Crippen molar-refractivity contribution in [3.63, 3.8) is 0 Å². The van der Waals surface area contributed by atoms with Gasteiger partial charge in [0.2, 0.25) is 5.91 Å². The van der Waals surface area contributed by atoms with E-state index in [1.807, 2.05) is 19.2 Å². The highest BCUT2D eigenvalue weighted by Gasteiger charge is 2.32. The van der Waals surface area contributed by atoms with E-state index >= 15 is 0 Å². The van der Waals surface area contributed by atoms with Crippen molar-refractivity contribution < 1.29 is 24.6 Å². The highest BCUT2D eigenvalue weighted by atomic mass is 79.9. The number of carbonyl (C=O) groups excluding carboxylic acids is 2. The van der Waals surface area contributed by atoms with Gasteiger partial charge in [-0.05, 0) is 12.8 Å². The summed E-state index contributed by atoms with van der Waals surface area (Å²) in [5.74, 6) is -0.375. The Morgan fingerprint density at radius 1 is 1.25 bits per heavy atom. The van der Waals surface area contributed by atoms with Crippen LogP contribution in [0.2, 0.25) is 0 Å². The molecule has 0 aromatic heterocycles. The van der Waals surface area contributed by atoms with Crippen molar-refractivity contribution in [2.45, 2.75) is 31.0 Å². The summed E-state index contributed by atoms with van der Waals surface area (Å²) in [4.78, 5) is 30.2. The van der Waals surface area contributed by atoms with Crippen LogP contribution in [0.15, 0.2) is 0 Å². The number of hydrogen-bond donors (Lipinski definition) is 4. The molecule has 0 fully saturated rings. The molecule has 0 rings (SSSR count). The number of carbonyl (C=O) groups is 3. The van der Waals surface area contributed by atoms with Gasteiger partial charge in [-0.2, -0.15) is 0 Å². The van der Waals surface area contributed by atoms with Gasteiger partial charge in [-0.25, -0.2) is 9.59 Å². The molecule has 0 aliphatic heterocycles. The molecule has 0 aliphatic rings. The minimum atomic E-state index is -1.83. The van der Waals surface area contributed by atoms with Gasteiger partial charge >= 0.3 is 12.2 Å². The molecule has 7 nitrogen and oxygen atoms in total. The molecule has 0 atom stereocenters. The Bertz CT molecular complexity index is 261. The Morgan fingerprint density at radius 2 is 1.56 bits per heavy atom. The molecule has 94 valence electrons. The van der Waals surface area contributed by atoms with E-state index in [1.165, 1.54) is 0 Å². The third-order valence-electron chi connectivity index (χ3n) is 1.76. The van der Waals surface area contributed by atoms with E-state index in [9.17, 15) is 9.59 Å². The van der Waals surface area contributed by atoms with Crippen molar-refractivity contribution in [2.24, 2.45) is 5.73 Å². The van der Waals surface area contributed by atoms with Gasteiger partial charge in [-0.15, -0.1) is 0 Å². The van der Waals surface area contributed by atoms with Gasteiger partial charge in [0.1, 0.15) is 4.32 Å². The zero-order valence-corrected chi connectivity index (χ0v) is 10.6. The van der Waals surface area contributed by atoms with E-state index in [-0.39, 0.29) is 5.91 Å². The Hall–Kier alpha value is -1.31. The van der Waals surface area contributed by atoms with Crippen molar-refractivity contribution in [1.29, 1.82) is 0 Å². The van der Waals surface area contributed by atoms with Crippen LogP contribution in [0.3, 0.4) is 0 Å². The third kappa shape index (κ3) is 8.04. The van der Waals surface area contributed by atoms with Crippen LogP contribution in [0.5, 0.6) is 0 Å². The first-order valence-electron chi connectivity index (χ1n) is 4.41. The number of carboxylic acid groups (broad SMARTS) is 2. The second-order valence-corrected chi connectivity index (χ2v) is 4.29. The number of amides is 3. The van der Waals surface area contributed by atoms with Crippen molar-refractivity contribution in [2.75, 3.05) is 0 Å². The maximum atomic E-state index is 11.3. The number of primary amides is 1. The number of hydrogen-bond acceptors (Lipinski definition) is 3. The summed E-state index contributed by atoms with van der Waals surface area (Å²) in [5, 5.41) is 16.0. The standard InChI is InChI=1S/C7H13BrN2O2.CH2O3/c1-3-7(8,4-2)5(11)10-6(9)12;2-1(3)4/h3-4H2,1-2H3,(H3,9,10,11,12);(H2,2,3,4). The Labute approximate surface area is 101 Å². The Morgan fingerprint density at radius 3 is 1.75 bits per heavy atom. The minimum absolute atomic E-state index is 0.375. The third-order valence-corrected chi connectivity index (χ3v) is 3.25. The lowest BCUT2D eigenvalue weighted by Crippen LogP contribution is -2.46. The molecule has 8 heteroatoms. The average Bonchev–Trinajstić information content (AvgIpc) is 2.14. The average molecular weight is 299 g/mol. The molecule has 16 heavy (non-hydrogen) atoms. The van der Waals surface area contributed by atoms with Crippen LogP contribution in [0.25, 0.3) is 0 Å². The van der Waals surface area contributed by atoms with Crippen LogP contribution in [0, 0.1) is 0 Å². The molecule has 0 heterocycles. The molecule has 0 aliphatic carbocycles. The van der Waals surface area contributed by atoms with Gasteiger partial charge in [0.05, 0.1) is 0 Å². The van der Waals surface area contributed by atoms with Gasteiger partial charge in [0.15, 0.2) is 0 Å². The number of nitrogens with one attached hydrogen (secondary N) is 1. The number of rotatable bonds is 3. The fourth-order valence-electron chi connectivity index (χ4n) is 0.795. The van der Waals surface area contributed by atoms with Crippen LogP contribution >= 0.6 is 15.9 Å². The SMILES string of the molecule is CCC(Br)(CC)C(=O)NC(N)=O.O=C(O)O. The van der Waals surface area contributed by atoms with Crippen molar-refractivity contribution in [1.82, 2.24) is 5.32 Å². The number of nitrogens with two attached hydrogens (primary N) is 1. The van der Waals surface area contributed by atoms with Crippen LogP contribution in [0.1, 0.15) is 26.7 Å². The molecule has 0 saturated carbocycles. The summed E-state index contributed by atoms with van der Waals surface area (Å²) in [6.45, 7) is 3.72. The Kier molecular flexibility index (Phi) is 8.46. The zero-order valence-electron chi connectivity index (χ0n) is 8.99. The minimum Gasteiger partial charge on any atom is -0.450 e. The largest absolute Gasteiger partial charge is 0.503 e. The van der Waals surface area contributed by atoms with Crippen molar-refractivity contribution in [3.8, 4) is 0 Å². The molecule has 0 spiro atoms. The second kappa shape index (κ2) is 7.91. The van der Waals surface area contributed by atoms with E-state index in [1.54, 1.807) is 0 Å². The van der Waals surface area contributed by atoms with Gasteiger partial charge in [0.25, 0.3) is 0 Å². The summed E-state index contributed by atoms with van der Waals surface area (Å²) in [5.41, 5.74) is 4.81. The molecule has 5 N–H and O–H groups in total. The topological polar surface area (TPSA) is 130 Å². The second-order valence-electron chi connectivity index (χ2n) is 2.77. The summed E-state index contributed by atoms with van der Waals surface area (Å²) in [6.07, 6.45) is -0.606. The first kappa shape index (κ1) is 17.1. The molecule has 0 aromatic carbocycles. The zero-order chi connectivity index (χ0) is 13.4. The number of imide groups is 1. The van der Waals surface area contributed by atoms with Crippen LogP contribution < -0.4 is 11.1 Å². The predicted molar refractivity (Wildman–Crippen MR) is 60.6 cm³/mol. The highest BCUT2D eigenvalue weighted by molar-refractivity contribution is 9.10. The maximum Gasteiger partial charge on any atom is 0.503 e. The van der Waals surface area contributed by atoms with Crippen molar-refractivity contribution in [3.05, 3.63) is 0 Å².